The molecule has 0 spiro atoms. The predicted octanol–water partition coefficient (Wildman–Crippen LogP) is 5.89. The van der Waals surface area contributed by atoms with Crippen LogP contribution in [0.1, 0.15) is 49.9 Å². The minimum atomic E-state index is -0.0920. The van der Waals surface area contributed by atoms with E-state index < -0.39 is 0 Å². The molecule has 1 aromatic heterocycles. The fourth-order valence-electron chi connectivity index (χ4n) is 3.33. The van der Waals surface area contributed by atoms with Crippen molar-refractivity contribution in [2.75, 3.05) is 23.3 Å². The molecular weight excluding hydrogens is 346 g/mol. The van der Waals surface area contributed by atoms with E-state index in [0.717, 1.165) is 55.4 Å². The summed E-state index contributed by atoms with van der Waals surface area (Å²) in [6.45, 7) is 6.34. The lowest BCUT2D eigenvalue weighted by atomic mass is 10.1. The summed E-state index contributed by atoms with van der Waals surface area (Å²) >= 11 is 0. The van der Waals surface area contributed by atoms with Gasteiger partial charge in [-0.2, -0.15) is 0 Å². The van der Waals surface area contributed by atoms with Crippen molar-refractivity contribution in [1.82, 2.24) is 4.98 Å². The zero-order valence-corrected chi connectivity index (χ0v) is 16.8. The second-order valence-electron chi connectivity index (χ2n) is 7.08. The van der Waals surface area contributed by atoms with E-state index in [0.29, 0.717) is 11.3 Å². The number of hydrogen-bond donors (Lipinski definition) is 1. The highest BCUT2D eigenvalue weighted by Crippen LogP contribution is 2.24. The van der Waals surface area contributed by atoms with Crippen LogP contribution in [0.25, 0.3) is 10.9 Å². The summed E-state index contributed by atoms with van der Waals surface area (Å²) < 4.78 is 0. The summed E-state index contributed by atoms with van der Waals surface area (Å²) in [6.07, 6.45) is 6.23. The van der Waals surface area contributed by atoms with Gasteiger partial charge in [0.1, 0.15) is 0 Å². The second kappa shape index (κ2) is 9.88. The van der Waals surface area contributed by atoms with E-state index in [2.05, 4.69) is 35.1 Å². The fraction of sp³-hybridized carbons (Fsp3) is 0.333. The number of aromatic nitrogens is 1. The van der Waals surface area contributed by atoms with Gasteiger partial charge in [-0.05, 0) is 37.1 Å². The Balaban J connectivity index is 1.84. The number of nitrogens with one attached hydrogen (secondary N) is 1. The molecule has 28 heavy (non-hydrogen) atoms. The van der Waals surface area contributed by atoms with Crippen molar-refractivity contribution < 1.29 is 4.79 Å². The van der Waals surface area contributed by atoms with Crippen molar-refractivity contribution in [2.24, 2.45) is 0 Å². The number of anilines is 2. The lowest BCUT2D eigenvalue weighted by Crippen LogP contribution is -2.28. The van der Waals surface area contributed by atoms with Crippen molar-refractivity contribution in [1.29, 1.82) is 0 Å². The van der Waals surface area contributed by atoms with Crippen molar-refractivity contribution in [3.05, 3.63) is 66.4 Å². The lowest BCUT2D eigenvalue weighted by molar-refractivity contribution is 0.102. The molecule has 3 aromatic rings. The summed E-state index contributed by atoms with van der Waals surface area (Å²) in [5.74, 6) is -0.0920. The van der Waals surface area contributed by atoms with Gasteiger partial charge >= 0.3 is 0 Å². The quantitative estimate of drug-likeness (QED) is 0.507. The molecule has 0 aliphatic rings. The Labute approximate surface area is 167 Å². The predicted molar refractivity (Wildman–Crippen MR) is 118 cm³/mol. The molecule has 0 saturated heterocycles. The molecule has 1 N–H and O–H groups in total. The minimum absolute atomic E-state index is 0.0920. The number of hydrogen-bond acceptors (Lipinski definition) is 3. The summed E-state index contributed by atoms with van der Waals surface area (Å²) in [5.41, 5.74) is 3.36. The molecule has 3 rings (SSSR count). The van der Waals surface area contributed by atoms with E-state index in [1.165, 1.54) is 0 Å². The van der Waals surface area contributed by atoms with Crippen LogP contribution < -0.4 is 10.2 Å². The maximum Gasteiger partial charge on any atom is 0.257 e. The van der Waals surface area contributed by atoms with Crippen LogP contribution in [-0.2, 0) is 0 Å². The molecule has 146 valence electrons. The Hall–Kier alpha value is -2.88. The SMILES string of the molecule is CCCCN(CCCC)c1ccccc1C(=O)Nc1cnc2ccccc2c1. The first-order valence-electron chi connectivity index (χ1n) is 10.2. The van der Waals surface area contributed by atoms with Gasteiger partial charge in [-0.1, -0.05) is 57.0 Å². The highest BCUT2D eigenvalue weighted by Gasteiger charge is 2.16. The Morgan fingerprint density at radius 2 is 1.64 bits per heavy atom. The Morgan fingerprint density at radius 1 is 0.964 bits per heavy atom. The molecule has 1 heterocycles. The maximum absolute atomic E-state index is 13.1. The number of amides is 1. The molecule has 1 amide bonds. The second-order valence-corrected chi connectivity index (χ2v) is 7.08. The van der Waals surface area contributed by atoms with E-state index in [1.807, 2.05) is 48.5 Å². The van der Waals surface area contributed by atoms with Crippen LogP contribution in [0, 0.1) is 0 Å². The van der Waals surface area contributed by atoms with Gasteiger partial charge in [0.2, 0.25) is 0 Å². The number of carbonyl (C=O) groups excluding carboxylic acids is 1. The number of pyridine rings is 1. The van der Waals surface area contributed by atoms with Crippen LogP contribution in [0.4, 0.5) is 11.4 Å². The van der Waals surface area contributed by atoms with Gasteiger partial charge in [0.05, 0.1) is 23.0 Å². The van der Waals surface area contributed by atoms with Gasteiger partial charge in [0.25, 0.3) is 5.91 Å². The first-order chi connectivity index (χ1) is 13.7. The van der Waals surface area contributed by atoms with Crippen LogP contribution >= 0.6 is 0 Å². The molecule has 0 atom stereocenters. The van der Waals surface area contributed by atoms with Crippen LogP contribution in [0.15, 0.2) is 60.8 Å². The summed E-state index contributed by atoms with van der Waals surface area (Å²) in [7, 11) is 0. The van der Waals surface area contributed by atoms with Gasteiger partial charge in [-0.3, -0.25) is 9.78 Å². The standard InChI is InChI=1S/C24H29N3O/c1-3-5-15-27(16-6-4-2)23-14-10-8-12-21(23)24(28)26-20-17-19-11-7-9-13-22(19)25-18-20/h7-14,17-18H,3-6,15-16H2,1-2H3,(H,26,28). The third kappa shape index (κ3) is 4.89. The third-order valence-corrected chi connectivity index (χ3v) is 4.90. The molecule has 0 unspecified atom stereocenters. The van der Waals surface area contributed by atoms with Gasteiger partial charge in [-0.15, -0.1) is 0 Å². The number of unbranched alkanes of at least 4 members (excludes halogenated alkanes) is 2. The summed E-state index contributed by atoms with van der Waals surface area (Å²) in [5, 5.41) is 4.04. The van der Waals surface area contributed by atoms with E-state index in [4.69, 9.17) is 0 Å². The summed E-state index contributed by atoms with van der Waals surface area (Å²) in [4.78, 5) is 19.8. The molecule has 0 fully saturated rings. The van der Waals surface area contributed by atoms with Gasteiger partial charge in [0.15, 0.2) is 0 Å². The number of nitrogens with zero attached hydrogens (tertiary/aromatic N) is 2. The topological polar surface area (TPSA) is 45.2 Å². The molecule has 0 radical (unpaired) electrons. The van der Waals surface area contributed by atoms with Crippen molar-refractivity contribution in [3.63, 3.8) is 0 Å². The van der Waals surface area contributed by atoms with Crippen LogP contribution in [0.3, 0.4) is 0 Å². The first kappa shape index (κ1) is 19.9. The van der Waals surface area contributed by atoms with Crippen LogP contribution in [-0.4, -0.2) is 24.0 Å². The van der Waals surface area contributed by atoms with Gasteiger partial charge < -0.3 is 10.2 Å². The molecule has 4 nitrogen and oxygen atoms in total. The molecule has 0 aliphatic heterocycles. The number of rotatable bonds is 9. The number of benzene rings is 2. The maximum atomic E-state index is 13.1. The van der Waals surface area contributed by atoms with E-state index in [9.17, 15) is 4.79 Å². The van der Waals surface area contributed by atoms with Gasteiger partial charge in [0, 0.05) is 24.2 Å². The van der Waals surface area contributed by atoms with Crippen molar-refractivity contribution >= 4 is 28.2 Å². The van der Waals surface area contributed by atoms with Crippen molar-refractivity contribution in [2.45, 2.75) is 39.5 Å². The molecule has 0 bridgehead atoms. The zero-order valence-electron chi connectivity index (χ0n) is 16.8. The average Bonchev–Trinajstić information content (AvgIpc) is 2.74. The number of para-hydroxylation sites is 2. The Morgan fingerprint density at radius 3 is 2.39 bits per heavy atom. The smallest absolute Gasteiger partial charge is 0.257 e. The highest BCUT2D eigenvalue weighted by molar-refractivity contribution is 6.08. The van der Waals surface area contributed by atoms with Gasteiger partial charge in [-0.25, -0.2) is 0 Å². The molecule has 4 heteroatoms. The van der Waals surface area contributed by atoms with E-state index in [-0.39, 0.29) is 5.91 Å². The summed E-state index contributed by atoms with van der Waals surface area (Å²) in [6, 6.07) is 17.8. The number of fused-ring (bicyclic) bond motifs is 1. The monoisotopic (exact) mass is 375 g/mol. The molecular formula is C24H29N3O. The normalized spacial score (nSPS) is 10.8. The average molecular weight is 376 g/mol. The van der Waals surface area contributed by atoms with Crippen molar-refractivity contribution in [3.8, 4) is 0 Å². The highest BCUT2D eigenvalue weighted by atomic mass is 16.1. The van der Waals surface area contributed by atoms with E-state index >= 15 is 0 Å². The molecule has 0 aliphatic carbocycles. The minimum Gasteiger partial charge on any atom is -0.371 e. The molecule has 0 saturated carbocycles. The van der Waals surface area contributed by atoms with Crippen LogP contribution in [0.2, 0.25) is 0 Å². The molecule has 2 aromatic carbocycles. The largest absolute Gasteiger partial charge is 0.371 e. The van der Waals surface area contributed by atoms with Crippen LogP contribution in [0.5, 0.6) is 0 Å². The number of carbonyl (C=O) groups is 1. The Kier molecular flexibility index (Phi) is 7.01. The third-order valence-electron chi connectivity index (χ3n) is 4.90. The Bertz CT molecular complexity index is 914. The first-order valence-corrected chi connectivity index (χ1v) is 10.2. The lowest BCUT2D eigenvalue weighted by Gasteiger charge is -2.26. The fourth-order valence-corrected chi connectivity index (χ4v) is 3.33. The van der Waals surface area contributed by atoms with E-state index in [1.54, 1.807) is 6.20 Å². The zero-order chi connectivity index (χ0) is 19.8.